The Bertz CT molecular complexity index is 916. The first-order valence-electron chi connectivity index (χ1n) is 7.84. The average molecular weight is 364 g/mol. The summed E-state index contributed by atoms with van der Waals surface area (Å²) in [6.45, 7) is 0.233. The molecule has 0 amide bonds. The van der Waals surface area contributed by atoms with Crippen LogP contribution in [-0.2, 0) is 9.47 Å². The lowest BCUT2D eigenvalue weighted by molar-refractivity contribution is -0.0467. The average Bonchev–Trinajstić information content (AvgIpc) is 3.33. The van der Waals surface area contributed by atoms with Crippen LogP contribution in [-0.4, -0.2) is 40.1 Å². The topological polar surface area (TPSA) is 103 Å². The fourth-order valence-electron chi connectivity index (χ4n) is 2.70. The van der Waals surface area contributed by atoms with Crippen LogP contribution in [0.4, 0.5) is 14.6 Å². The van der Waals surface area contributed by atoms with Crippen molar-refractivity contribution < 1.29 is 27.9 Å². The number of nitrogens with one attached hydrogen (secondary N) is 1. The first-order chi connectivity index (χ1) is 12.7. The normalized spacial score (nSPS) is 16.3. The standard InChI is InChI=1S/C16H14F2N4O4/c17-11-8(16-24-4-5-25-16)6-9-13(12(11)18)26-22-14(9)21-10(7-23)15-19-2-1-3-20-15/h1-3,6,10,16,23H,4-5,7H2,(H,21,22). The highest BCUT2D eigenvalue weighted by Gasteiger charge is 2.28. The van der Waals surface area contributed by atoms with Crippen LogP contribution < -0.4 is 5.32 Å². The summed E-state index contributed by atoms with van der Waals surface area (Å²) in [5.74, 6) is -1.87. The third-order valence-corrected chi connectivity index (χ3v) is 3.94. The van der Waals surface area contributed by atoms with Gasteiger partial charge in [-0.25, -0.2) is 14.4 Å². The number of aromatic nitrogens is 3. The Hall–Kier alpha value is -2.69. The van der Waals surface area contributed by atoms with Crippen molar-refractivity contribution in [3.8, 4) is 0 Å². The molecule has 3 aromatic rings. The van der Waals surface area contributed by atoms with Crippen LogP contribution in [0.2, 0.25) is 0 Å². The van der Waals surface area contributed by atoms with Crippen LogP contribution in [0.3, 0.4) is 0 Å². The maximum Gasteiger partial charge on any atom is 0.207 e. The summed E-state index contributed by atoms with van der Waals surface area (Å²) in [5.41, 5.74) is -0.437. The third-order valence-electron chi connectivity index (χ3n) is 3.94. The van der Waals surface area contributed by atoms with E-state index in [1.807, 2.05) is 0 Å². The second-order valence-electron chi connectivity index (χ2n) is 5.56. The van der Waals surface area contributed by atoms with Crippen molar-refractivity contribution in [3.05, 3.63) is 47.5 Å². The fourth-order valence-corrected chi connectivity index (χ4v) is 2.70. The molecular weight excluding hydrogens is 350 g/mol. The molecule has 1 aliphatic rings. The smallest absolute Gasteiger partial charge is 0.207 e. The molecule has 0 radical (unpaired) electrons. The third kappa shape index (κ3) is 2.87. The molecule has 0 saturated carbocycles. The van der Waals surface area contributed by atoms with Crippen molar-refractivity contribution in [3.63, 3.8) is 0 Å². The van der Waals surface area contributed by atoms with Crippen molar-refractivity contribution in [1.29, 1.82) is 0 Å². The molecule has 0 bridgehead atoms. The van der Waals surface area contributed by atoms with Crippen LogP contribution in [0.5, 0.6) is 0 Å². The molecule has 26 heavy (non-hydrogen) atoms. The van der Waals surface area contributed by atoms with Gasteiger partial charge in [-0.2, -0.15) is 4.39 Å². The number of halogens is 2. The minimum Gasteiger partial charge on any atom is -0.394 e. The molecule has 0 spiro atoms. The van der Waals surface area contributed by atoms with E-state index in [0.717, 1.165) is 0 Å². The number of fused-ring (bicyclic) bond motifs is 1. The van der Waals surface area contributed by atoms with E-state index in [1.54, 1.807) is 6.07 Å². The predicted molar refractivity (Wildman–Crippen MR) is 84.1 cm³/mol. The fraction of sp³-hybridized carbons (Fsp3) is 0.312. The molecule has 4 rings (SSSR count). The van der Waals surface area contributed by atoms with Crippen molar-refractivity contribution >= 4 is 16.8 Å². The van der Waals surface area contributed by atoms with E-state index < -0.39 is 24.0 Å². The number of aliphatic hydroxyl groups excluding tert-OH is 1. The van der Waals surface area contributed by atoms with Crippen LogP contribution in [0, 0.1) is 11.6 Å². The molecule has 10 heteroatoms. The number of hydrogen-bond donors (Lipinski definition) is 2. The molecule has 1 saturated heterocycles. The van der Waals surface area contributed by atoms with Gasteiger partial charge in [-0.1, -0.05) is 5.16 Å². The summed E-state index contributed by atoms with van der Waals surface area (Å²) in [5, 5.41) is 16.4. The van der Waals surface area contributed by atoms with E-state index in [9.17, 15) is 13.9 Å². The molecule has 3 heterocycles. The first kappa shape index (κ1) is 16.8. The van der Waals surface area contributed by atoms with E-state index >= 15 is 0 Å². The second kappa shape index (κ2) is 6.90. The largest absolute Gasteiger partial charge is 0.394 e. The summed E-state index contributed by atoms with van der Waals surface area (Å²) in [7, 11) is 0. The maximum absolute atomic E-state index is 14.3. The van der Waals surface area contributed by atoms with Crippen LogP contribution in [0.25, 0.3) is 11.0 Å². The minimum atomic E-state index is -1.19. The van der Waals surface area contributed by atoms with Gasteiger partial charge in [0.25, 0.3) is 0 Å². The molecule has 1 atom stereocenters. The summed E-state index contributed by atoms with van der Waals surface area (Å²) >= 11 is 0. The van der Waals surface area contributed by atoms with Gasteiger partial charge in [0.1, 0.15) is 6.04 Å². The molecule has 8 nitrogen and oxygen atoms in total. The van der Waals surface area contributed by atoms with Gasteiger partial charge < -0.3 is 24.4 Å². The molecule has 136 valence electrons. The Kier molecular flexibility index (Phi) is 4.45. The Labute approximate surface area is 145 Å². The summed E-state index contributed by atoms with van der Waals surface area (Å²) in [6, 6.07) is 2.28. The highest BCUT2D eigenvalue weighted by Crippen LogP contribution is 2.35. The molecule has 2 N–H and O–H groups in total. The van der Waals surface area contributed by atoms with Crippen LogP contribution in [0.15, 0.2) is 29.0 Å². The van der Waals surface area contributed by atoms with E-state index in [2.05, 4.69) is 20.4 Å². The zero-order chi connectivity index (χ0) is 18.1. The van der Waals surface area contributed by atoms with Gasteiger partial charge in [-0.15, -0.1) is 0 Å². The lowest BCUT2D eigenvalue weighted by atomic mass is 10.1. The molecule has 1 aromatic carbocycles. The Morgan fingerprint density at radius 3 is 2.62 bits per heavy atom. The molecule has 2 aromatic heterocycles. The molecule has 1 fully saturated rings. The van der Waals surface area contributed by atoms with Gasteiger partial charge in [-0.3, -0.25) is 0 Å². The second-order valence-corrected chi connectivity index (χ2v) is 5.56. The molecule has 0 aliphatic carbocycles. The first-order valence-corrected chi connectivity index (χ1v) is 7.84. The van der Waals surface area contributed by atoms with Crippen molar-refractivity contribution in [1.82, 2.24) is 15.1 Å². The van der Waals surface area contributed by atoms with E-state index in [4.69, 9.17) is 14.0 Å². The Morgan fingerprint density at radius 1 is 1.19 bits per heavy atom. The summed E-state index contributed by atoms with van der Waals surface area (Å²) < 4.78 is 44.1. The Balaban J connectivity index is 1.73. The predicted octanol–water partition coefficient (Wildman–Crippen LogP) is 2.09. The highest BCUT2D eigenvalue weighted by atomic mass is 19.2. The quantitative estimate of drug-likeness (QED) is 0.709. The Morgan fingerprint density at radius 2 is 1.92 bits per heavy atom. The summed E-state index contributed by atoms with van der Waals surface area (Å²) in [6.07, 6.45) is 2.05. The minimum absolute atomic E-state index is 0.0877. The number of anilines is 1. The number of ether oxygens (including phenoxy) is 2. The zero-order valence-corrected chi connectivity index (χ0v) is 13.4. The lowest BCUT2D eigenvalue weighted by Crippen LogP contribution is -2.18. The molecule has 1 aliphatic heterocycles. The summed E-state index contributed by atoms with van der Waals surface area (Å²) in [4.78, 5) is 8.11. The number of benzene rings is 1. The number of aliphatic hydroxyl groups is 1. The maximum atomic E-state index is 14.3. The van der Waals surface area contributed by atoms with Gasteiger partial charge in [0, 0.05) is 18.0 Å². The van der Waals surface area contributed by atoms with Gasteiger partial charge in [-0.05, 0) is 12.1 Å². The van der Waals surface area contributed by atoms with Crippen molar-refractivity contribution in [2.75, 3.05) is 25.1 Å². The van der Waals surface area contributed by atoms with Crippen LogP contribution >= 0.6 is 0 Å². The van der Waals surface area contributed by atoms with E-state index in [-0.39, 0.29) is 42.2 Å². The van der Waals surface area contributed by atoms with Crippen molar-refractivity contribution in [2.24, 2.45) is 0 Å². The SMILES string of the molecule is OCC(Nc1noc2c(F)c(F)c(C3OCCO3)cc12)c1ncccn1. The molecular formula is C16H14F2N4O4. The van der Waals surface area contributed by atoms with Crippen molar-refractivity contribution in [2.45, 2.75) is 12.3 Å². The monoisotopic (exact) mass is 364 g/mol. The van der Waals surface area contributed by atoms with Gasteiger partial charge in [0.2, 0.25) is 11.4 Å². The van der Waals surface area contributed by atoms with Gasteiger partial charge >= 0.3 is 0 Å². The molecule has 1 unspecified atom stereocenters. The zero-order valence-electron chi connectivity index (χ0n) is 13.4. The van der Waals surface area contributed by atoms with E-state index in [1.165, 1.54) is 18.5 Å². The number of nitrogens with zero attached hydrogens (tertiary/aromatic N) is 3. The van der Waals surface area contributed by atoms with E-state index in [0.29, 0.717) is 5.82 Å². The highest BCUT2D eigenvalue weighted by molar-refractivity contribution is 5.89. The number of rotatable bonds is 5. The van der Waals surface area contributed by atoms with Gasteiger partial charge in [0.15, 0.2) is 23.7 Å². The van der Waals surface area contributed by atoms with Crippen LogP contribution in [0.1, 0.15) is 23.7 Å². The van der Waals surface area contributed by atoms with Gasteiger partial charge in [0.05, 0.1) is 25.2 Å². The lowest BCUT2D eigenvalue weighted by Gasteiger charge is -2.14. The number of hydrogen-bond acceptors (Lipinski definition) is 8.